The molecule has 0 N–H and O–H groups in total. The summed E-state index contributed by atoms with van der Waals surface area (Å²) in [6, 6.07) is 148. The molecule has 6 aromatic heterocycles. The van der Waals surface area contributed by atoms with Crippen LogP contribution in [0, 0.1) is 0 Å². The van der Waals surface area contributed by atoms with Crippen LogP contribution in [0.3, 0.4) is 0 Å². The molecule has 12 heteroatoms. The predicted octanol–water partition coefficient (Wildman–Crippen LogP) is 22.4. The van der Waals surface area contributed by atoms with Crippen LogP contribution in [0.2, 0.25) is 0 Å². The van der Waals surface area contributed by atoms with Crippen molar-refractivity contribution in [1.29, 1.82) is 0 Å². The second-order valence-corrected chi connectivity index (χ2v) is 46.6. The van der Waals surface area contributed by atoms with Crippen LogP contribution in [-0.4, -0.2) is 58.4 Å². The second kappa shape index (κ2) is 28.9. The molecule has 0 saturated heterocycles. The molecule has 0 aliphatic carbocycles. The van der Waals surface area contributed by atoms with Gasteiger partial charge in [0, 0.05) is 22.1 Å². The summed E-state index contributed by atoms with van der Waals surface area (Å²) in [5, 5.41) is 29.9. The first kappa shape index (κ1) is 71.3. The molecule has 0 fully saturated rings. The van der Waals surface area contributed by atoms with Gasteiger partial charge >= 0.3 is 469 Å². The molecule has 0 amide bonds. The Balaban J connectivity index is 0.000000106. The fourth-order valence-electron chi connectivity index (χ4n) is 18.2. The Morgan fingerprint density at radius 2 is 0.487 bits per heavy atom. The Morgan fingerprint density at radius 3 is 0.906 bits per heavy atom. The summed E-state index contributed by atoms with van der Waals surface area (Å²) in [5.74, 6) is 0. The van der Waals surface area contributed by atoms with E-state index in [0.717, 1.165) is 50.0 Å². The second-order valence-electron chi connectivity index (χ2n) is 29.8. The molecule has 552 valence electrons. The number of hydrogen-bond donors (Lipinski definition) is 0. The number of rotatable bonds is 9. The van der Waals surface area contributed by atoms with Crippen molar-refractivity contribution < 1.29 is 0 Å². The van der Waals surface area contributed by atoms with Gasteiger partial charge in [0.2, 0.25) is 0 Å². The van der Waals surface area contributed by atoms with Gasteiger partial charge in [-0.25, -0.2) is 4.98 Å². The SMILES string of the molecule is S=P(c1ccccc1)(c1ccccc1)c1cccc2c1ccc1c3ccccc3n3c4ccccc4nc3c21.[Se]=P(c1ccccc1)(c1ccccc1)c1ccc2c(ccc3c4ccccc4n4c5ccccc5nc4c23)c1.[Se]=P(c1ccccc1)(c1ccccc1)c1ccc2ccc3c4ccccc4n4c5ccccc5nc4c3c2c1. The van der Waals surface area contributed by atoms with E-state index >= 15 is 0 Å². The Labute approximate surface area is 695 Å². The van der Waals surface area contributed by atoms with E-state index in [1.54, 1.807) is 0 Å². The number of nitrogens with zero attached hydrogens (tertiary/aromatic N) is 6. The normalized spacial score (nSPS) is 12.2. The molecule has 18 aromatic carbocycles. The molecule has 0 radical (unpaired) electrons. The monoisotopic (exact) mass is 1700 g/mol. The van der Waals surface area contributed by atoms with E-state index in [-0.39, 0.29) is 0 Å². The Hall–Kier alpha value is -12.3. The molecule has 24 rings (SSSR count). The molecule has 0 bridgehead atoms. The summed E-state index contributed by atoms with van der Waals surface area (Å²) < 4.78 is 7.00. The van der Waals surface area contributed by atoms with Gasteiger partial charge in [-0.15, -0.1) is 0 Å². The zero-order valence-electron chi connectivity index (χ0n) is 63.1. The first-order valence-corrected chi connectivity index (χ1v) is 50.1. The van der Waals surface area contributed by atoms with E-state index in [4.69, 9.17) is 26.8 Å². The molecule has 0 aliphatic rings. The summed E-state index contributed by atoms with van der Waals surface area (Å²) in [7, 11) is 0. The number of fused-ring (bicyclic) bond motifs is 30. The van der Waals surface area contributed by atoms with Crippen LogP contribution in [0.4, 0.5) is 0 Å². The molecular formula is C105H69N6P3SSe2. The number of hydrogen-bond acceptors (Lipinski definition) is 4. The molecule has 0 atom stereocenters. The number of aromatic nitrogens is 6. The van der Waals surface area contributed by atoms with Gasteiger partial charge in [-0.1, -0.05) is 133 Å². The van der Waals surface area contributed by atoms with E-state index in [1.807, 2.05) is 0 Å². The van der Waals surface area contributed by atoms with Crippen molar-refractivity contribution in [3.8, 4) is 0 Å². The van der Waals surface area contributed by atoms with E-state index < -0.39 is 17.1 Å². The van der Waals surface area contributed by atoms with Crippen LogP contribution in [-0.2, 0) is 11.8 Å². The van der Waals surface area contributed by atoms with Gasteiger partial charge in [-0.3, -0.25) is 4.40 Å². The molecule has 0 saturated carbocycles. The topological polar surface area (TPSA) is 51.9 Å². The minimum atomic E-state index is -2.33. The van der Waals surface area contributed by atoms with E-state index in [0.29, 0.717) is 0 Å². The van der Waals surface area contributed by atoms with E-state index in [2.05, 4.69) is 462 Å². The summed E-state index contributed by atoms with van der Waals surface area (Å²) in [4.78, 5) is 15.6. The maximum atomic E-state index is 6.77. The summed E-state index contributed by atoms with van der Waals surface area (Å²) in [6.07, 6.45) is 0. The van der Waals surface area contributed by atoms with Crippen molar-refractivity contribution in [2.24, 2.45) is 0 Å². The van der Waals surface area contributed by atoms with Gasteiger partial charge < -0.3 is 0 Å². The van der Waals surface area contributed by atoms with Crippen molar-refractivity contribution in [1.82, 2.24) is 28.2 Å². The predicted molar refractivity (Wildman–Crippen MR) is 511 cm³/mol. The van der Waals surface area contributed by atoms with Crippen molar-refractivity contribution in [3.63, 3.8) is 0 Å². The third-order valence-corrected chi connectivity index (χ3v) is 42.5. The zero-order valence-corrected chi connectivity index (χ0v) is 70.0. The third kappa shape index (κ3) is 11.4. The molecule has 0 unspecified atom stereocenters. The van der Waals surface area contributed by atoms with Crippen LogP contribution in [0.25, 0.3) is 147 Å². The van der Waals surface area contributed by atoms with Crippen molar-refractivity contribution in [2.75, 3.05) is 0 Å². The quantitative estimate of drug-likeness (QED) is 0.0821. The number of pyridine rings is 3. The Morgan fingerprint density at radius 1 is 0.205 bits per heavy atom. The molecule has 117 heavy (non-hydrogen) atoms. The van der Waals surface area contributed by atoms with Gasteiger partial charge in [0.25, 0.3) is 0 Å². The van der Waals surface area contributed by atoms with Crippen molar-refractivity contribution in [3.05, 3.63) is 419 Å². The van der Waals surface area contributed by atoms with Gasteiger partial charge in [-0.05, 0) is 45.0 Å². The Kier molecular flexibility index (Phi) is 17.6. The first-order chi connectivity index (χ1) is 57.7. The third-order valence-electron chi connectivity index (χ3n) is 23.5. The van der Waals surface area contributed by atoms with Gasteiger partial charge in [-0.2, -0.15) is 0 Å². The molecule has 0 spiro atoms. The van der Waals surface area contributed by atoms with Gasteiger partial charge in [0.15, 0.2) is 0 Å². The van der Waals surface area contributed by atoms with E-state index in [1.165, 1.54) is 145 Å². The molecule has 6 heterocycles. The summed E-state index contributed by atoms with van der Waals surface area (Å²) in [5.41, 5.74) is 9.04. The standard InChI is InChI=1S/C35H23N2PS.2C35H23N2PSe/c39-38(24-12-3-1-4-13-24,25-14-5-2-6-15-25)33-21-11-17-28-27(33)22-23-29-26-16-7-9-19-31(26)37-32-20-10-8-18-30(32)36-35(37)34(28)29;39-38(25-11-3-1-4-12-25,26-13-5-2-6-14-26)27-20-22-28-24(23-27)19-21-30-29-15-7-9-17-32(29)37-33-18-10-8-16-31(33)36-35(37)34(28)30;39-38(25-11-3-1-4-12-25,26-13-5-2-6-14-26)27-21-19-24-20-22-29-28-15-7-9-17-32(28)37-33-18-10-8-16-31(33)36-35(37)34(29)30(24)23-27/h3*1-23H. The van der Waals surface area contributed by atoms with Crippen LogP contribution in [0.15, 0.2) is 419 Å². The molecule has 24 aromatic rings. The van der Waals surface area contributed by atoms with Crippen molar-refractivity contribution >= 4 is 254 Å². The molecular weight excluding hydrogens is 1630 g/mol. The van der Waals surface area contributed by atoms with Gasteiger partial charge in [0.05, 0.1) is 16.6 Å². The Bertz CT molecular complexity index is 8030. The number of imidazole rings is 3. The van der Waals surface area contributed by atoms with E-state index in [9.17, 15) is 0 Å². The van der Waals surface area contributed by atoms with Crippen LogP contribution in [0.5, 0.6) is 0 Å². The van der Waals surface area contributed by atoms with Gasteiger partial charge in [0.1, 0.15) is 5.65 Å². The van der Waals surface area contributed by atoms with Crippen LogP contribution < -0.4 is 47.7 Å². The molecule has 6 nitrogen and oxygen atoms in total. The average Bonchev–Trinajstić information content (AvgIpc) is 1.67. The van der Waals surface area contributed by atoms with Crippen molar-refractivity contribution in [2.45, 2.75) is 0 Å². The molecule has 0 aliphatic heterocycles. The summed E-state index contributed by atoms with van der Waals surface area (Å²) in [6.45, 7) is 0. The number of para-hydroxylation sites is 9. The fourth-order valence-corrected chi connectivity index (χ4v) is 32.1. The average molecular weight is 1700 g/mol. The number of benzene rings is 18. The van der Waals surface area contributed by atoms with Crippen LogP contribution in [0.1, 0.15) is 0 Å². The summed E-state index contributed by atoms with van der Waals surface area (Å²) >= 11 is 14.2. The zero-order chi connectivity index (χ0) is 77.9. The minimum absolute atomic E-state index is 0.986. The fraction of sp³-hybridized carbons (Fsp3) is 0. The van der Waals surface area contributed by atoms with Crippen LogP contribution >= 0.6 is 17.1 Å². The first-order valence-electron chi connectivity index (χ1n) is 39.3. The maximum absolute atomic E-state index is 6.77.